The van der Waals surface area contributed by atoms with Crippen molar-refractivity contribution in [2.75, 3.05) is 24.5 Å². The van der Waals surface area contributed by atoms with Gasteiger partial charge in [0.15, 0.2) is 0 Å². The number of amides is 2. The van der Waals surface area contributed by atoms with Crippen LogP contribution in [0.15, 0.2) is 24.3 Å². The molecule has 1 aromatic carbocycles. The molecular weight excluding hydrogens is 398 g/mol. The van der Waals surface area contributed by atoms with Gasteiger partial charge in [-0.3, -0.25) is 24.4 Å². The minimum absolute atomic E-state index is 0.0147. The van der Waals surface area contributed by atoms with E-state index in [-0.39, 0.29) is 37.0 Å². The van der Waals surface area contributed by atoms with Crippen LogP contribution < -0.4 is 4.90 Å². The Bertz CT molecular complexity index is 961. The van der Waals surface area contributed by atoms with Crippen LogP contribution in [-0.2, 0) is 16.1 Å². The van der Waals surface area contributed by atoms with Crippen molar-refractivity contribution in [3.8, 4) is 0 Å². The van der Waals surface area contributed by atoms with Crippen LogP contribution in [-0.4, -0.2) is 51.1 Å². The van der Waals surface area contributed by atoms with E-state index in [0.29, 0.717) is 17.1 Å². The lowest BCUT2D eigenvalue weighted by Gasteiger charge is -2.30. The SMILES string of the molecule is Cc1ccc(N(CC(=O)N2CCCCC2)C(=O)CCn2nc(C)c([N+](=O)[O-])c2C)cc1. The van der Waals surface area contributed by atoms with E-state index in [4.69, 9.17) is 0 Å². The smallest absolute Gasteiger partial charge is 0.312 e. The Morgan fingerprint density at radius 3 is 2.32 bits per heavy atom. The van der Waals surface area contributed by atoms with Gasteiger partial charge in [-0.05, 0) is 52.2 Å². The van der Waals surface area contributed by atoms with Crippen molar-refractivity contribution in [3.05, 3.63) is 51.3 Å². The number of hydrogen-bond donors (Lipinski definition) is 0. The quantitative estimate of drug-likeness (QED) is 0.499. The fraction of sp³-hybridized carbons (Fsp3) is 0.500. The molecule has 9 heteroatoms. The molecule has 0 spiro atoms. The molecule has 166 valence electrons. The van der Waals surface area contributed by atoms with Crippen LogP contribution in [0, 0.1) is 30.9 Å². The lowest BCUT2D eigenvalue weighted by Crippen LogP contribution is -2.45. The van der Waals surface area contributed by atoms with Crippen LogP contribution in [0.2, 0.25) is 0 Å². The molecule has 1 aliphatic heterocycles. The zero-order valence-electron chi connectivity index (χ0n) is 18.3. The summed E-state index contributed by atoms with van der Waals surface area (Å²) in [6.07, 6.45) is 3.18. The predicted molar refractivity (Wildman–Crippen MR) is 117 cm³/mol. The molecule has 31 heavy (non-hydrogen) atoms. The molecule has 1 aliphatic rings. The number of anilines is 1. The lowest BCUT2D eigenvalue weighted by molar-refractivity contribution is -0.386. The maximum absolute atomic E-state index is 13.1. The van der Waals surface area contributed by atoms with E-state index >= 15 is 0 Å². The zero-order chi connectivity index (χ0) is 22.5. The van der Waals surface area contributed by atoms with Crippen LogP contribution >= 0.6 is 0 Å². The number of piperidine rings is 1. The summed E-state index contributed by atoms with van der Waals surface area (Å²) in [5, 5.41) is 15.4. The van der Waals surface area contributed by atoms with Gasteiger partial charge in [0.05, 0.1) is 11.5 Å². The number of nitrogens with zero attached hydrogens (tertiary/aromatic N) is 5. The Labute approximate surface area is 181 Å². The van der Waals surface area contributed by atoms with E-state index in [0.717, 1.165) is 37.9 Å². The summed E-state index contributed by atoms with van der Waals surface area (Å²) >= 11 is 0. The van der Waals surface area contributed by atoms with Gasteiger partial charge >= 0.3 is 5.69 Å². The highest BCUT2D eigenvalue weighted by atomic mass is 16.6. The van der Waals surface area contributed by atoms with Crippen molar-refractivity contribution < 1.29 is 14.5 Å². The van der Waals surface area contributed by atoms with Gasteiger partial charge < -0.3 is 9.80 Å². The second kappa shape index (κ2) is 9.72. The summed E-state index contributed by atoms with van der Waals surface area (Å²) in [5.74, 6) is -0.278. The highest BCUT2D eigenvalue weighted by Gasteiger charge is 2.25. The average molecular weight is 428 g/mol. The topological polar surface area (TPSA) is 102 Å². The van der Waals surface area contributed by atoms with Gasteiger partial charge in [-0.15, -0.1) is 0 Å². The van der Waals surface area contributed by atoms with Crippen LogP contribution in [0.4, 0.5) is 11.4 Å². The predicted octanol–water partition coefficient (Wildman–Crippen LogP) is 3.15. The highest BCUT2D eigenvalue weighted by Crippen LogP contribution is 2.23. The van der Waals surface area contributed by atoms with E-state index in [2.05, 4.69) is 5.10 Å². The third-order valence-corrected chi connectivity index (χ3v) is 5.71. The normalized spacial score (nSPS) is 13.8. The van der Waals surface area contributed by atoms with Gasteiger partial charge in [0.1, 0.15) is 17.9 Å². The molecule has 0 aliphatic carbocycles. The number of nitro groups is 1. The minimum atomic E-state index is -0.452. The molecule has 0 atom stereocenters. The van der Waals surface area contributed by atoms with E-state index in [1.54, 1.807) is 13.8 Å². The second-order valence-corrected chi connectivity index (χ2v) is 8.01. The maximum Gasteiger partial charge on any atom is 0.312 e. The number of benzene rings is 1. The first-order valence-electron chi connectivity index (χ1n) is 10.6. The van der Waals surface area contributed by atoms with Crippen molar-refractivity contribution in [3.63, 3.8) is 0 Å². The average Bonchev–Trinajstić information content (AvgIpc) is 3.04. The van der Waals surface area contributed by atoms with Gasteiger partial charge in [-0.25, -0.2) is 0 Å². The first-order valence-corrected chi connectivity index (χ1v) is 10.6. The molecule has 0 N–H and O–H groups in total. The Morgan fingerprint density at radius 2 is 1.74 bits per heavy atom. The number of aromatic nitrogens is 2. The Hall–Kier alpha value is -3.23. The number of carbonyl (C=O) groups excluding carboxylic acids is 2. The molecule has 0 radical (unpaired) electrons. The number of rotatable bonds is 7. The Morgan fingerprint density at radius 1 is 1.10 bits per heavy atom. The van der Waals surface area contributed by atoms with E-state index in [1.807, 2.05) is 36.1 Å². The van der Waals surface area contributed by atoms with Crippen LogP contribution in [0.5, 0.6) is 0 Å². The van der Waals surface area contributed by atoms with E-state index in [1.165, 1.54) is 9.58 Å². The van der Waals surface area contributed by atoms with Crippen molar-refractivity contribution in [2.45, 2.75) is 53.0 Å². The molecule has 2 heterocycles. The standard InChI is InChI=1S/C22H29N5O4/c1-16-7-9-19(10-8-16)25(15-21(29)24-12-5-4-6-13-24)20(28)11-14-26-18(3)22(27(30)31)17(2)23-26/h7-10H,4-6,11-15H2,1-3H3. The number of aryl methyl sites for hydroxylation is 3. The van der Waals surface area contributed by atoms with Crippen molar-refractivity contribution in [1.29, 1.82) is 0 Å². The molecule has 9 nitrogen and oxygen atoms in total. The van der Waals surface area contributed by atoms with Crippen molar-refractivity contribution >= 4 is 23.2 Å². The molecule has 1 aromatic heterocycles. The molecule has 3 rings (SSSR count). The first kappa shape index (κ1) is 22.5. The highest BCUT2D eigenvalue weighted by molar-refractivity contribution is 5.98. The fourth-order valence-electron chi connectivity index (χ4n) is 3.93. The van der Waals surface area contributed by atoms with Crippen LogP contribution in [0.1, 0.15) is 42.6 Å². The third-order valence-electron chi connectivity index (χ3n) is 5.71. The number of carbonyl (C=O) groups is 2. The Balaban J connectivity index is 1.76. The summed E-state index contributed by atoms with van der Waals surface area (Å²) in [4.78, 5) is 40.1. The minimum Gasteiger partial charge on any atom is -0.341 e. The molecule has 1 saturated heterocycles. The van der Waals surface area contributed by atoms with Gasteiger partial charge in [0.25, 0.3) is 0 Å². The zero-order valence-corrected chi connectivity index (χ0v) is 18.3. The fourth-order valence-corrected chi connectivity index (χ4v) is 3.93. The second-order valence-electron chi connectivity index (χ2n) is 8.01. The summed E-state index contributed by atoms with van der Waals surface area (Å²) in [5.41, 5.74) is 2.45. The third kappa shape index (κ3) is 5.28. The summed E-state index contributed by atoms with van der Waals surface area (Å²) < 4.78 is 1.49. The van der Waals surface area contributed by atoms with E-state index < -0.39 is 4.92 Å². The number of hydrogen-bond acceptors (Lipinski definition) is 5. The summed E-state index contributed by atoms with van der Waals surface area (Å²) in [6, 6.07) is 7.49. The number of likely N-dealkylation sites (tertiary alicyclic amines) is 1. The van der Waals surface area contributed by atoms with Gasteiger partial charge in [-0.2, -0.15) is 5.10 Å². The largest absolute Gasteiger partial charge is 0.341 e. The van der Waals surface area contributed by atoms with Crippen LogP contribution in [0.3, 0.4) is 0 Å². The Kier molecular flexibility index (Phi) is 7.04. The molecule has 0 unspecified atom stereocenters. The molecule has 1 fully saturated rings. The van der Waals surface area contributed by atoms with Gasteiger partial charge in [0, 0.05) is 25.2 Å². The van der Waals surface area contributed by atoms with Gasteiger partial charge in [0.2, 0.25) is 11.8 Å². The molecular formula is C22H29N5O4. The lowest BCUT2D eigenvalue weighted by atomic mass is 10.1. The monoisotopic (exact) mass is 427 g/mol. The van der Waals surface area contributed by atoms with E-state index in [9.17, 15) is 19.7 Å². The summed E-state index contributed by atoms with van der Waals surface area (Å²) in [6.45, 7) is 6.82. The van der Waals surface area contributed by atoms with Gasteiger partial charge in [-0.1, -0.05) is 17.7 Å². The van der Waals surface area contributed by atoms with Crippen LogP contribution in [0.25, 0.3) is 0 Å². The molecule has 2 amide bonds. The maximum atomic E-state index is 13.1. The summed E-state index contributed by atoms with van der Waals surface area (Å²) in [7, 11) is 0. The van der Waals surface area contributed by atoms with Crippen molar-refractivity contribution in [1.82, 2.24) is 14.7 Å². The first-order chi connectivity index (χ1) is 14.8. The molecule has 0 bridgehead atoms. The van der Waals surface area contributed by atoms with Crippen molar-refractivity contribution in [2.24, 2.45) is 0 Å². The molecule has 0 saturated carbocycles. The molecule has 2 aromatic rings.